The molecule has 0 unspecified atom stereocenters. The highest BCUT2D eigenvalue weighted by atomic mass is 35.5. The number of rotatable bonds is 1. The summed E-state index contributed by atoms with van der Waals surface area (Å²) in [7, 11) is 0. The number of fused-ring (bicyclic) bond motifs is 2. The van der Waals surface area contributed by atoms with Crippen LogP contribution in [0.4, 0.5) is 5.69 Å². The van der Waals surface area contributed by atoms with Crippen LogP contribution < -0.4 is 4.90 Å². The van der Waals surface area contributed by atoms with Crippen molar-refractivity contribution in [2.45, 2.75) is 0 Å². The van der Waals surface area contributed by atoms with Crippen LogP contribution in [0.2, 0.25) is 20.1 Å². The van der Waals surface area contributed by atoms with E-state index in [0.717, 1.165) is 4.90 Å². The van der Waals surface area contributed by atoms with E-state index in [1.54, 1.807) is 42.5 Å². The molecule has 2 amide bonds. The second-order valence-corrected chi connectivity index (χ2v) is 6.99. The fourth-order valence-electron chi connectivity index (χ4n) is 2.98. The minimum atomic E-state index is -0.470. The van der Waals surface area contributed by atoms with Crippen molar-refractivity contribution in [3.63, 3.8) is 0 Å². The van der Waals surface area contributed by atoms with Crippen LogP contribution in [0.25, 0.3) is 10.8 Å². The molecule has 0 saturated heterocycles. The number of carbonyl (C=O) groups excluding carboxylic acids is 2. The van der Waals surface area contributed by atoms with E-state index < -0.39 is 11.8 Å². The summed E-state index contributed by atoms with van der Waals surface area (Å²) in [6.07, 6.45) is 0. The van der Waals surface area contributed by atoms with Gasteiger partial charge in [-0.2, -0.15) is 0 Å². The number of amides is 2. The van der Waals surface area contributed by atoms with E-state index in [1.165, 1.54) is 0 Å². The quantitative estimate of drug-likeness (QED) is 0.351. The Morgan fingerprint density at radius 3 is 1.88 bits per heavy atom. The molecule has 124 valence electrons. The maximum Gasteiger partial charge on any atom is 0.266 e. The molecule has 0 spiro atoms. The number of nitrogens with zero attached hydrogens (tertiary/aromatic N) is 1. The van der Waals surface area contributed by atoms with E-state index in [-0.39, 0.29) is 20.8 Å². The molecule has 1 aliphatic heterocycles. The van der Waals surface area contributed by atoms with Crippen LogP contribution in [-0.2, 0) is 0 Å². The monoisotopic (exact) mass is 409 g/mol. The third-order valence-electron chi connectivity index (χ3n) is 4.10. The number of hydrogen-bond donors (Lipinski definition) is 0. The third kappa shape index (κ3) is 2.27. The van der Waals surface area contributed by atoms with Gasteiger partial charge in [0.1, 0.15) is 0 Å². The highest BCUT2D eigenvalue weighted by molar-refractivity contribution is 6.55. The number of carbonyl (C=O) groups is 2. The van der Waals surface area contributed by atoms with Crippen molar-refractivity contribution in [3.8, 4) is 0 Å². The van der Waals surface area contributed by atoms with Crippen molar-refractivity contribution >= 4 is 74.7 Å². The average Bonchev–Trinajstić information content (AvgIpc) is 2.85. The molecule has 3 nitrogen and oxygen atoms in total. The summed E-state index contributed by atoms with van der Waals surface area (Å²) in [5.74, 6) is -0.940. The molecule has 0 bridgehead atoms. The molecule has 4 rings (SSSR count). The minimum Gasteiger partial charge on any atom is -0.268 e. The standard InChI is InChI=1S/C18H7Cl4NO2/c19-11-7-3-6-10-12(11)13(20)14(21)15(22)16(10)23-17(24)8-4-1-2-5-9(8)18(23)25/h1-7H. The van der Waals surface area contributed by atoms with Crippen LogP contribution in [0.1, 0.15) is 20.7 Å². The maximum atomic E-state index is 12.8. The zero-order valence-corrected chi connectivity index (χ0v) is 15.3. The van der Waals surface area contributed by atoms with Crippen LogP contribution >= 0.6 is 46.4 Å². The van der Waals surface area contributed by atoms with Crippen molar-refractivity contribution < 1.29 is 9.59 Å². The second-order valence-electron chi connectivity index (χ2n) is 5.44. The Morgan fingerprint density at radius 1 is 0.680 bits per heavy atom. The highest BCUT2D eigenvalue weighted by Crippen LogP contribution is 2.48. The first kappa shape index (κ1) is 16.7. The van der Waals surface area contributed by atoms with Gasteiger partial charge in [-0.1, -0.05) is 70.7 Å². The van der Waals surface area contributed by atoms with Crippen LogP contribution in [0.15, 0.2) is 42.5 Å². The first-order valence-electron chi connectivity index (χ1n) is 7.16. The topological polar surface area (TPSA) is 37.4 Å². The van der Waals surface area contributed by atoms with Gasteiger partial charge in [0.2, 0.25) is 0 Å². The van der Waals surface area contributed by atoms with Crippen molar-refractivity contribution in [1.29, 1.82) is 0 Å². The third-order valence-corrected chi connectivity index (χ3v) is 5.73. The molecular formula is C18H7Cl4NO2. The van der Waals surface area contributed by atoms with Gasteiger partial charge >= 0.3 is 0 Å². The van der Waals surface area contributed by atoms with Gasteiger partial charge < -0.3 is 0 Å². The largest absolute Gasteiger partial charge is 0.268 e. The second kappa shape index (κ2) is 5.89. The minimum absolute atomic E-state index is 0.0240. The summed E-state index contributed by atoms with van der Waals surface area (Å²) in [6, 6.07) is 11.6. The predicted octanol–water partition coefficient (Wildman–Crippen LogP) is 6.25. The Bertz CT molecular complexity index is 1060. The van der Waals surface area contributed by atoms with Gasteiger partial charge in [-0.25, -0.2) is 4.90 Å². The Balaban J connectivity index is 2.08. The molecule has 0 N–H and O–H groups in total. The zero-order valence-electron chi connectivity index (χ0n) is 12.3. The number of benzene rings is 3. The summed E-state index contributed by atoms with van der Waals surface area (Å²) >= 11 is 25.2. The normalized spacial score (nSPS) is 13.7. The summed E-state index contributed by atoms with van der Waals surface area (Å²) < 4.78 is 0. The number of imide groups is 1. The highest BCUT2D eigenvalue weighted by Gasteiger charge is 2.39. The van der Waals surface area contributed by atoms with Crippen LogP contribution in [0, 0.1) is 0 Å². The van der Waals surface area contributed by atoms with Gasteiger partial charge in [0, 0.05) is 10.8 Å². The Labute approximate surface area is 162 Å². The summed E-state index contributed by atoms with van der Waals surface area (Å²) in [5.41, 5.74) is 0.800. The molecule has 1 heterocycles. The molecule has 0 aliphatic carbocycles. The number of halogens is 4. The molecule has 0 saturated carbocycles. The fraction of sp³-hybridized carbons (Fsp3) is 0. The van der Waals surface area contributed by atoms with E-state index in [9.17, 15) is 9.59 Å². The van der Waals surface area contributed by atoms with E-state index in [0.29, 0.717) is 26.9 Å². The smallest absolute Gasteiger partial charge is 0.266 e. The first-order chi connectivity index (χ1) is 11.9. The van der Waals surface area contributed by atoms with Crippen molar-refractivity contribution in [3.05, 3.63) is 73.7 Å². The summed E-state index contributed by atoms with van der Waals surface area (Å²) in [4.78, 5) is 26.7. The van der Waals surface area contributed by atoms with Crippen LogP contribution in [0.3, 0.4) is 0 Å². The molecule has 1 aliphatic rings. The van der Waals surface area contributed by atoms with E-state index in [2.05, 4.69) is 0 Å². The van der Waals surface area contributed by atoms with E-state index in [1.807, 2.05) is 0 Å². The lowest BCUT2D eigenvalue weighted by molar-refractivity contribution is 0.0926. The van der Waals surface area contributed by atoms with Crippen LogP contribution in [0.5, 0.6) is 0 Å². The predicted molar refractivity (Wildman–Crippen MR) is 102 cm³/mol. The summed E-state index contributed by atoms with van der Waals surface area (Å²) in [5, 5.41) is 1.49. The number of hydrogen-bond acceptors (Lipinski definition) is 2. The first-order valence-corrected chi connectivity index (χ1v) is 8.67. The van der Waals surface area contributed by atoms with Gasteiger partial charge in [-0.3, -0.25) is 9.59 Å². The Hall–Kier alpha value is -1.78. The van der Waals surface area contributed by atoms with E-state index >= 15 is 0 Å². The molecule has 0 fully saturated rings. The van der Waals surface area contributed by atoms with Crippen LogP contribution in [-0.4, -0.2) is 11.8 Å². The molecule has 7 heteroatoms. The molecule has 3 aromatic carbocycles. The molecule has 0 radical (unpaired) electrons. The maximum absolute atomic E-state index is 12.8. The molecule has 0 aromatic heterocycles. The summed E-state index contributed by atoms with van der Waals surface area (Å²) in [6.45, 7) is 0. The van der Waals surface area contributed by atoms with Crippen molar-refractivity contribution in [1.82, 2.24) is 0 Å². The van der Waals surface area contributed by atoms with Gasteiger partial charge in [0.15, 0.2) is 0 Å². The zero-order chi connectivity index (χ0) is 17.9. The lowest BCUT2D eigenvalue weighted by Crippen LogP contribution is -2.30. The lowest BCUT2D eigenvalue weighted by atomic mass is 10.1. The van der Waals surface area contributed by atoms with Gasteiger partial charge in [-0.15, -0.1) is 0 Å². The van der Waals surface area contributed by atoms with Gasteiger partial charge in [0.05, 0.1) is 36.9 Å². The van der Waals surface area contributed by atoms with Crippen molar-refractivity contribution in [2.24, 2.45) is 0 Å². The van der Waals surface area contributed by atoms with Crippen molar-refractivity contribution in [2.75, 3.05) is 4.90 Å². The van der Waals surface area contributed by atoms with Gasteiger partial charge in [0.25, 0.3) is 11.8 Å². The van der Waals surface area contributed by atoms with E-state index in [4.69, 9.17) is 46.4 Å². The number of anilines is 1. The molecule has 3 aromatic rings. The molecular weight excluding hydrogens is 404 g/mol. The Morgan fingerprint density at radius 2 is 1.28 bits per heavy atom. The fourth-order valence-corrected chi connectivity index (χ4v) is 4.11. The molecule has 25 heavy (non-hydrogen) atoms. The average molecular weight is 411 g/mol. The Kier molecular flexibility index (Phi) is 3.93. The van der Waals surface area contributed by atoms with Gasteiger partial charge in [-0.05, 0) is 18.2 Å². The lowest BCUT2D eigenvalue weighted by Gasteiger charge is -2.20. The molecule has 0 atom stereocenters. The SMILES string of the molecule is O=C1c2ccccc2C(=O)N1c1c(Cl)c(Cl)c(Cl)c2c(Cl)cccc12.